The molecule has 0 saturated heterocycles. The van der Waals surface area contributed by atoms with E-state index in [0.29, 0.717) is 18.7 Å². The standard InChI is InChI=1S/C20H23NO3/c1-5-21(14-18-11-6-15(2)24-18)19(22)17-9-7-16(8-10-17)12-13-20(3,4)23/h6-11,23H,5,14H2,1-4H3. The summed E-state index contributed by atoms with van der Waals surface area (Å²) in [5, 5.41) is 9.63. The molecule has 2 rings (SSSR count). The van der Waals surface area contributed by atoms with Crippen LogP contribution >= 0.6 is 0 Å². The zero-order chi connectivity index (χ0) is 17.7. The Labute approximate surface area is 143 Å². The molecule has 126 valence electrons. The van der Waals surface area contributed by atoms with Crippen LogP contribution in [0.4, 0.5) is 0 Å². The van der Waals surface area contributed by atoms with E-state index in [9.17, 15) is 9.90 Å². The van der Waals surface area contributed by atoms with Crippen LogP contribution in [-0.2, 0) is 6.54 Å². The zero-order valence-corrected chi connectivity index (χ0v) is 14.6. The summed E-state index contributed by atoms with van der Waals surface area (Å²) < 4.78 is 5.55. The maximum absolute atomic E-state index is 12.6. The lowest BCUT2D eigenvalue weighted by atomic mass is 10.1. The van der Waals surface area contributed by atoms with Crippen molar-refractivity contribution in [3.8, 4) is 11.8 Å². The molecule has 0 fully saturated rings. The summed E-state index contributed by atoms with van der Waals surface area (Å²) in [5.74, 6) is 7.21. The number of carbonyl (C=O) groups is 1. The fourth-order valence-electron chi connectivity index (χ4n) is 2.19. The van der Waals surface area contributed by atoms with E-state index in [1.807, 2.05) is 26.0 Å². The third-order valence-corrected chi connectivity index (χ3v) is 3.46. The third kappa shape index (κ3) is 5.00. The van der Waals surface area contributed by atoms with Crippen LogP contribution < -0.4 is 0 Å². The van der Waals surface area contributed by atoms with Gasteiger partial charge in [0.25, 0.3) is 5.91 Å². The lowest BCUT2D eigenvalue weighted by Crippen LogP contribution is -2.30. The van der Waals surface area contributed by atoms with Crippen LogP contribution in [0.15, 0.2) is 40.8 Å². The van der Waals surface area contributed by atoms with Gasteiger partial charge in [-0.15, -0.1) is 0 Å². The molecule has 1 heterocycles. The normalized spacial score (nSPS) is 10.9. The molecule has 2 aromatic rings. The fourth-order valence-corrected chi connectivity index (χ4v) is 2.19. The number of aliphatic hydroxyl groups is 1. The highest BCUT2D eigenvalue weighted by molar-refractivity contribution is 5.94. The van der Waals surface area contributed by atoms with E-state index in [4.69, 9.17) is 4.42 Å². The van der Waals surface area contributed by atoms with Gasteiger partial charge in [-0.05, 0) is 64.1 Å². The summed E-state index contributed by atoms with van der Waals surface area (Å²) in [5.41, 5.74) is 0.335. The SMILES string of the molecule is CCN(Cc1ccc(C)o1)C(=O)c1ccc(C#CC(C)(C)O)cc1. The average Bonchev–Trinajstić information content (AvgIpc) is 2.95. The molecule has 1 N–H and O–H groups in total. The number of nitrogens with zero attached hydrogens (tertiary/aromatic N) is 1. The van der Waals surface area contributed by atoms with E-state index in [2.05, 4.69) is 11.8 Å². The Kier molecular flexibility index (Phi) is 5.48. The third-order valence-electron chi connectivity index (χ3n) is 3.46. The lowest BCUT2D eigenvalue weighted by molar-refractivity contribution is 0.0740. The topological polar surface area (TPSA) is 53.7 Å². The van der Waals surface area contributed by atoms with E-state index in [1.165, 1.54) is 0 Å². The highest BCUT2D eigenvalue weighted by Gasteiger charge is 2.16. The molecule has 0 spiro atoms. The maximum atomic E-state index is 12.6. The number of rotatable bonds is 4. The summed E-state index contributed by atoms with van der Waals surface area (Å²) in [6.45, 7) is 8.13. The number of amides is 1. The van der Waals surface area contributed by atoms with Crippen LogP contribution in [0.25, 0.3) is 0 Å². The summed E-state index contributed by atoms with van der Waals surface area (Å²) in [6, 6.07) is 10.9. The first-order chi connectivity index (χ1) is 11.3. The van der Waals surface area contributed by atoms with Gasteiger partial charge in [0.05, 0.1) is 6.54 Å². The number of hydrogen-bond acceptors (Lipinski definition) is 3. The molecule has 1 aromatic carbocycles. The van der Waals surface area contributed by atoms with E-state index in [-0.39, 0.29) is 5.91 Å². The van der Waals surface area contributed by atoms with E-state index in [0.717, 1.165) is 17.1 Å². The molecule has 0 aliphatic rings. The molecule has 4 heteroatoms. The molecule has 0 saturated carbocycles. The molecule has 0 atom stereocenters. The first kappa shape index (κ1) is 17.8. The van der Waals surface area contributed by atoms with Crippen molar-refractivity contribution in [3.05, 3.63) is 59.0 Å². The molecule has 24 heavy (non-hydrogen) atoms. The van der Waals surface area contributed by atoms with Crippen LogP contribution in [0, 0.1) is 18.8 Å². The Hall–Kier alpha value is -2.51. The summed E-state index contributed by atoms with van der Waals surface area (Å²) >= 11 is 0. The Bertz CT molecular complexity index is 755. The zero-order valence-electron chi connectivity index (χ0n) is 14.6. The number of carbonyl (C=O) groups excluding carboxylic acids is 1. The van der Waals surface area contributed by atoms with Crippen LogP contribution in [-0.4, -0.2) is 28.1 Å². The van der Waals surface area contributed by atoms with Crippen molar-refractivity contribution in [1.29, 1.82) is 0 Å². The van der Waals surface area contributed by atoms with Crippen molar-refractivity contribution in [2.45, 2.75) is 39.8 Å². The van der Waals surface area contributed by atoms with Gasteiger partial charge in [0, 0.05) is 17.7 Å². The van der Waals surface area contributed by atoms with Gasteiger partial charge in [-0.1, -0.05) is 11.8 Å². The van der Waals surface area contributed by atoms with Crippen molar-refractivity contribution >= 4 is 5.91 Å². The first-order valence-electron chi connectivity index (χ1n) is 7.98. The van der Waals surface area contributed by atoms with Crippen LogP contribution in [0.2, 0.25) is 0 Å². The average molecular weight is 325 g/mol. The van der Waals surface area contributed by atoms with Gasteiger partial charge in [0.2, 0.25) is 0 Å². The smallest absolute Gasteiger partial charge is 0.254 e. The molecule has 1 amide bonds. The number of furan rings is 1. The van der Waals surface area contributed by atoms with Crippen LogP contribution in [0.5, 0.6) is 0 Å². The van der Waals surface area contributed by atoms with Crippen molar-refractivity contribution in [2.75, 3.05) is 6.54 Å². The molecule has 0 aliphatic carbocycles. The molecular weight excluding hydrogens is 302 g/mol. The van der Waals surface area contributed by atoms with Crippen molar-refractivity contribution in [1.82, 2.24) is 4.90 Å². The largest absolute Gasteiger partial charge is 0.464 e. The van der Waals surface area contributed by atoms with Crippen molar-refractivity contribution < 1.29 is 14.3 Å². The molecule has 1 aromatic heterocycles. The second-order valence-corrected chi connectivity index (χ2v) is 6.22. The molecule has 0 radical (unpaired) electrons. The number of hydrogen-bond donors (Lipinski definition) is 1. The predicted molar refractivity (Wildman–Crippen MR) is 93.5 cm³/mol. The summed E-state index contributed by atoms with van der Waals surface area (Å²) in [6.07, 6.45) is 0. The Morgan fingerprint density at radius 2 is 1.88 bits per heavy atom. The molecule has 0 unspecified atom stereocenters. The highest BCUT2D eigenvalue weighted by Crippen LogP contribution is 2.13. The van der Waals surface area contributed by atoms with E-state index in [1.54, 1.807) is 43.0 Å². The van der Waals surface area contributed by atoms with Gasteiger partial charge in [-0.2, -0.15) is 0 Å². The summed E-state index contributed by atoms with van der Waals surface area (Å²) in [4.78, 5) is 14.4. The fraction of sp³-hybridized carbons (Fsp3) is 0.350. The minimum atomic E-state index is -1.03. The molecule has 0 bridgehead atoms. The Balaban J connectivity index is 2.11. The number of benzene rings is 1. The predicted octanol–water partition coefficient (Wildman–Crippen LogP) is 3.37. The van der Waals surface area contributed by atoms with Crippen molar-refractivity contribution in [2.24, 2.45) is 0 Å². The lowest BCUT2D eigenvalue weighted by Gasteiger charge is -2.19. The van der Waals surface area contributed by atoms with Gasteiger partial charge >= 0.3 is 0 Å². The Morgan fingerprint density at radius 1 is 1.21 bits per heavy atom. The van der Waals surface area contributed by atoms with E-state index >= 15 is 0 Å². The van der Waals surface area contributed by atoms with Crippen LogP contribution in [0.1, 0.15) is 48.2 Å². The molecule has 4 nitrogen and oxygen atoms in total. The quantitative estimate of drug-likeness (QED) is 0.877. The first-order valence-corrected chi connectivity index (χ1v) is 7.98. The van der Waals surface area contributed by atoms with Gasteiger partial charge < -0.3 is 14.4 Å². The second-order valence-electron chi connectivity index (χ2n) is 6.22. The monoisotopic (exact) mass is 325 g/mol. The van der Waals surface area contributed by atoms with E-state index < -0.39 is 5.60 Å². The van der Waals surface area contributed by atoms with Gasteiger partial charge in [0.1, 0.15) is 17.1 Å². The molecule has 0 aliphatic heterocycles. The Morgan fingerprint density at radius 3 is 2.38 bits per heavy atom. The number of aryl methyl sites for hydroxylation is 1. The van der Waals surface area contributed by atoms with Gasteiger partial charge in [-0.25, -0.2) is 0 Å². The van der Waals surface area contributed by atoms with Gasteiger partial charge in [0.15, 0.2) is 0 Å². The molecular formula is C20H23NO3. The maximum Gasteiger partial charge on any atom is 0.254 e. The highest BCUT2D eigenvalue weighted by atomic mass is 16.3. The van der Waals surface area contributed by atoms with Crippen LogP contribution in [0.3, 0.4) is 0 Å². The van der Waals surface area contributed by atoms with Gasteiger partial charge in [-0.3, -0.25) is 4.79 Å². The minimum Gasteiger partial charge on any atom is -0.464 e. The second kappa shape index (κ2) is 7.37. The van der Waals surface area contributed by atoms with Crippen molar-refractivity contribution in [3.63, 3.8) is 0 Å². The summed E-state index contributed by atoms with van der Waals surface area (Å²) in [7, 11) is 0. The minimum absolute atomic E-state index is 0.0476.